The molecule has 0 aromatic heterocycles. The normalized spacial score (nSPS) is 20.6. The van der Waals surface area contributed by atoms with Gasteiger partial charge in [-0.1, -0.05) is 17.7 Å². The number of aliphatic imine (C=N–C) groups is 1. The average molecular weight is 515 g/mol. The Labute approximate surface area is 214 Å². The quantitative estimate of drug-likeness (QED) is 0.565. The number of benzene rings is 2. The molecule has 9 heteroatoms. The zero-order chi connectivity index (χ0) is 26.0. The number of nitrogens with zero attached hydrogens (tertiary/aromatic N) is 2. The molecule has 0 radical (unpaired) electrons. The fourth-order valence-electron chi connectivity index (χ4n) is 4.93. The molecule has 1 saturated heterocycles. The molecule has 2 aromatic carbocycles. The molecule has 190 valence electrons. The molecule has 6 nitrogen and oxygen atoms in total. The highest BCUT2D eigenvalue weighted by Crippen LogP contribution is 2.29. The van der Waals surface area contributed by atoms with E-state index in [9.17, 15) is 18.4 Å². The highest BCUT2D eigenvalue weighted by atomic mass is 35.5. The van der Waals surface area contributed by atoms with Crippen molar-refractivity contribution in [1.29, 1.82) is 0 Å². The summed E-state index contributed by atoms with van der Waals surface area (Å²) in [5.74, 6) is -1.23. The van der Waals surface area contributed by atoms with E-state index in [0.29, 0.717) is 65.0 Å². The Kier molecular flexibility index (Phi) is 7.73. The summed E-state index contributed by atoms with van der Waals surface area (Å²) in [6, 6.07) is 8.21. The molecule has 1 unspecified atom stereocenters. The molecule has 2 aliphatic heterocycles. The molecular weight excluding hydrogens is 486 g/mol. The van der Waals surface area contributed by atoms with Crippen molar-refractivity contribution in [2.24, 2.45) is 16.6 Å². The Bertz CT molecular complexity index is 1240. The van der Waals surface area contributed by atoms with E-state index in [2.05, 4.69) is 10.3 Å². The number of nitrogens with one attached hydrogen (secondary N) is 1. The van der Waals surface area contributed by atoms with Crippen LogP contribution in [0.15, 0.2) is 52.7 Å². The number of rotatable bonds is 6. The first-order valence-electron chi connectivity index (χ1n) is 12.0. The van der Waals surface area contributed by atoms with Crippen LogP contribution in [0.2, 0.25) is 5.02 Å². The Morgan fingerprint density at radius 1 is 1.22 bits per heavy atom. The van der Waals surface area contributed by atoms with Gasteiger partial charge in [0.25, 0.3) is 5.91 Å². The van der Waals surface area contributed by atoms with Gasteiger partial charge in [0, 0.05) is 49.5 Å². The number of aryl methyl sites for hydroxylation is 1. The summed E-state index contributed by atoms with van der Waals surface area (Å²) in [7, 11) is 1.54. The molecule has 36 heavy (non-hydrogen) atoms. The van der Waals surface area contributed by atoms with Crippen molar-refractivity contribution in [1.82, 2.24) is 10.2 Å². The first-order valence-corrected chi connectivity index (χ1v) is 12.3. The predicted molar refractivity (Wildman–Crippen MR) is 136 cm³/mol. The molecule has 0 aliphatic carbocycles. The molecule has 2 amide bonds. The minimum atomic E-state index is -0.697. The molecule has 3 N–H and O–H groups in total. The van der Waals surface area contributed by atoms with E-state index in [1.807, 2.05) is 13.0 Å². The summed E-state index contributed by atoms with van der Waals surface area (Å²) in [4.78, 5) is 30.7. The Balaban J connectivity index is 1.50. The Morgan fingerprint density at radius 2 is 1.94 bits per heavy atom. The molecule has 4 rings (SSSR count). The van der Waals surface area contributed by atoms with Gasteiger partial charge in [-0.15, -0.1) is 0 Å². The number of carbonyl (C=O) groups is 2. The lowest BCUT2D eigenvalue weighted by Crippen LogP contribution is -2.46. The number of halogens is 3. The van der Waals surface area contributed by atoms with Crippen molar-refractivity contribution in [3.8, 4) is 0 Å². The van der Waals surface area contributed by atoms with Crippen LogP contribution in [0.3, 0.4) is 0 Å². The first-order chi connectivity index (χ1) is 17.2. The minimum Gasteiger partial charge on any atom is -0.400 e. The summed E-state index contributed by atoms with van der Waals surface area (Å²) < 4.78 is 27.6. The van der Waals surface area contributed by atoms with Crippen LogP contribution in [0.5, 0.6) is 0 Å². The van der Waals surface area contributed by atoms with Crippen LogP contribution in [0, 0.1) is 17.6 Å². The van der Waals surface area contributed by atoms with E-state index in [1.165, 1.54) is 12.1 Å². The second kappa shape index (κ2) is 10.8. The maximum Gasteiger partial charge on any atom is 0.255 e. The topological polar surface area (TPSA) is 87.8 Å². The predicted octanol–water partition coefficient (Wildman–Crippen LogP) is 4.25. The fourth-order valence-corrected chi connectivity index (χ4v) is 5.22. The number of hydrogen-bond acceptors (Lipinski definition) is 4. The van der Waals surface area contributed by atoms with Crippen molar-refractivity contribution in [3.05, 3.63) is 81.0 Å². The van der Waals surface area contributed by atoms with E-state index in [-0.39, 0.29) is 11.8 Å². The van der Waals surface area contributed by atoms with Crippen LogP contribution < -0.4 is 11.1 Å². The van der Waals surface area contributed by atoms with Crippen molar-refractivity contribution in [3.63, 3.8) is 0 Å². The maximum atomic E-state index is 13.8. The standard InChI is InChI=1S/C27H29ClF2N4O2/c1-15-25(31)22(26(32-2)18-11-19(29)13-20(30)12-18)7-8-34(15)27(36)21-6-5-16(9-23(21)28)3-4-17-10-24(35)33-14-17/h5-6,9,11-13,15,17H,3-4,7-8,10,14,31H2,1-2H3,(H,33,35)/t15-,17?/m0/s1. The van der Waals surface area contributed by atoms with Crippen LogP contribution in [0.1, 0.15) is 47.7 Å². The Hall–Kier alpha value is -3.26. The third-order valence-corrected chi connectivity index (χ3v) is 7.25. The summed E-state index contributed by atoms with van der Waals surface area (Å²) in [5.41, 5.74) is 9.64. The van der Waals surface area contributed by atoms with Crippen LogP contribution in [0.4, 0.5) is 8.78 Å². The molecule has 2 heterocycles. The van der Waals surface area contributed by atoms with Crippen LogP contribution >= 0.6 is 11.6 Å². The third-order valence-electron chi connectivity index (χ3n) is 6.94. The van der Waals surface area contributed by atoms with Crippen molar-refractivity contribution < 1.29 is 18.4 Å². The minimum absolute atomic E-state index is 0.0894. The van der Waals surface area contributed by atoms with Crippen molar-refractivity contribution >= 4 is 29.1 Å². The zero-order valence-electron chi connectivity index (χ0n) is 20.3. The Morgan fingerprint density at radius 3 is 2.56 bits per heavy atom. The van der Waals surface area contributed by atoms with Gasteiger partial charge in [0.05, 0.1) is 22.3 Å². The number of hydrogen-bond donors (Lipinski definition) is 2. The lowest BCUT2D eigenvalue weighted by molar-refractivity contribution is -0.119. The third kappa shape index (κ3) is 5.43. The van der Waals surface area contributed by atoms with E-state index in [1.54, 1.807) is 24.1 Å². The van der Waals surface area contributed by atoms with E-state index >= 15 is 0 Å². The molecule has 2 atom stereocenters. The number of carbonyl (C=O) groups excluding carboxylic acids is 2. The molecule has 0 saturated carbocycles. The highest BCUT2D eigenvalue weighted by molar-refractivity contribution is 6.34. The van der Waals surface area contributed by atoms with Crippen molar-refractivity contribution in [2.75, 3.05) is 20.1 Å². The second-order valence-corrected chi connectivity index (χ2v) is 9.72. The van der Waals surface area contributed by atoms with Crippen LogP contribution in [-0.2, 0) is 11.2 Å². The van der Waals surface area contributed by atoms with E-state index in [4.69, 9.17) is 17.3 Å². The van der Waals surface area contributed by atoms with E-state index < -0.39 is 17.7 Å². The molecule has 2 aliphatic rings. The van der Waals surface area contributed by atoms with Gasteiger partial charge in [-0.3, -0.25) is 14.6 Å². The fraction of sp³-hybridized carbons (Fsp3) is 0.370. The monoisotopic (exact) mass is 514 g/mol. The number of amides is 2. The van der Waals surface area contributed by atoms with Gasteiger partial charge >= 0.3 is 0 Å². The molecule has 2 aromatic rings. The highest BCUT2D eigenvalue weighted by Gasteiger charge is 2.32. The summed E-state index contributed by atoms with van der Waals surface area (Å²) in [6.07, 6.45) is 2.57. The smallest absolute Gasteiger partial charge is 0.255 e. The van der Waals surface area contributed by atoms with Gasteiger partial charge in [-0.05, 0) is 61.9 Å². The molecular formula is C27H29ClF2N4O2. The van der Waals surface area contributed by atoms with Crippen molar-refractivity contribution in [2.45, 2.75) is 38.6 Å². The lowest BCUT2D eigenvalue weighted by atomic mass is 9.91. The van der Waals surface area contributed by atoms with Gasteiger partial charge < -0.3 is 16.0 Å². The molecule has 1 fully saturated rings. The lowest BCUT2D eigenvalue weighted by Gasteiger charge is -2.36. The van der Waals surface area contributed by atoms with Crippen LogP contribution in [-0.4, -0.2) is 48.6 Å². The van der Waals surface area contributed by atoms with Gasteiger partial charge in [-0.25, -0.2) is 8.78 Å². The van der Waals surface area contributed by atoms with Gasteiger partial charge in [-0.2, -0.15) is 0 Å². The molecule has 0 spiro atoms. The SMILES string of the molecule is CN=C(C1=C(N)[C@H](C)N(C(=O)c2ccc(CCC3CNC(=O)C3)cc2Cl)CC1)c1cc(F)cc(F)c1. The summed E-state index contributed by atoms with van der Waals surface area (Å²) >= 11 is 6.51. The average Bonchev–Trinajstić information content (AvgIpc) is 3.25. The summed E-state index contributed by atoms with van der Waals surface area (Å²) in [6.45, 7) is 2.87. The van der Waals surface area contributed by atoms with Gasteiger partial charge in [0.15, 0.2) is 0 Å². The maximum absolute atomic E-state index is 13.8. The van der Waals surface area contributed by atoms with E-state index in [0.717, 1.165) is 24.5 Å². The van der Waals surface area contributed by atoms with Gasteiger partial charge in [0.1, 0.15) is 11.6 Å². The number of nitrogens with two attached hydrogens (primary N) is 1. The zero-order valence-corrected chi connectivity index (χ0v) is 21.0. The molecule has 0 bridgehead atoms. The second-order valence-electron chi connectivity index (χ2n) is 9.32. The van der Waals surface area contributed by atoms with Gasteiger partial charge in [0.2, 0.25) is 5.91 Å². The largest absolute Gasteiger partial charge is 0.400 e. The first kappa shape index (κ1) is 25.8. The van der Waals surface area contributed by atoms with Crippen LogP contribution in [0.25, 0.3) is 0 Å². The summed E-state index contributed by atoms with van der Waals surface area (Å²) in [5, 5.41) is 3.21.